The van der Waals surface area contributed by atoms with Crippen LogP contribution in [0.25, 0.3) is 0 Å². The first kappa shape index (κ1) is 71.4. The molecule has 0 spiro atoms. The molecule has 434 valence electrons. The van der Waals surface area contributed by atoms with Gasteiger partial charge in [-0.3, -0.25) is 14.4 Å². The van der Waals surface area contributed by atoms with E-state index >= 15 is 0 Å². The fourth-order valence-electron chi connectivity index (χ4n) is 10.6. The van der Waals surface area contributed by atoms with Gasteiger partial charge in [0.2, 0.25) is 0 Å². The molecular formula is C67H130O6. The Hall–Kier alpha value is -1.59. The van der Waals surface area contributed by atoms with Crippen LogP contribution in [0, 0.1) is 0 Å². The molecule has 6 nitrogen and oxygen atoms in total. The van der Waals surface area contributed by atoms with Crippen molar-refractivity contribution < 1.29 is 28.6 Å². The third-order valence-corrected chi connectivity index (χ3v) is 15.6. The number of carbonyl (C=O) groups excluding carboxylic acids is 3. The molecule has 0 heterocycles. The highest BCUT2D eigenvalue weighted by molar-refractivity contribution is 5.71. The highest BCUT2D eigenvalue weighted by Crippen LogP contribution is 2.19. The predicted octanol–water partition coefficient (Wildman–Crippen LogP) is 22.7. The quantitative estimate of drug-likeness (QED) is 0.0343. The van der Waals surface area contributed by atoms with Crippen LogP contribution in [0.15, 0.2) is 0 Å². The number of esters is 3. The highest BCUT2D eigenvalue weighted by atomic mass is 16.6. The van der Waals surface area contributed by atoms with Crippen molar-refractivity contribution in [2.24, 2.45) is 0 Å². The minimum atomic E-state index is -0.762. The van der Waals surface area contributed by atoms with Gasteiger partial charge >= 0.3 is 17.9 Å². The molecule has 73 heavy (non-hydrogen) atoms. The minimum Gasteiger partial charge on any atom is -0.462 e. The third kappa shape index (κ3) is 61.1. The molecule has 0 aliphatic rings. The summed E-state index contributed by atoms with van der Waals surface area (Å²) in [4.78, 5) is 38.3. The maximum atomic E-state index is 12.9. The summed E-state index contributed by atoms with van der Waals surface area (Å²) in [5.41, 5.74) is 0. The van der Waals surface area contributed by atoms with E-state index in [9.17, 15) is 14.4 Å². The van der Waals surface area contributed by atoms with Gasteiger partial charge in [0.15, 0.2) is 6.10 Å². The van der Waals surface area contributed by atoms with Gasteiger partial charge in [0.25, 0.3) is 0 Å². The van der Waals surface area contributed by atoms with Crippen LogP contribution in [0.3, 0.4) is 0 Å². The standard InChI is InChI=1S/C67H130O6/c1-4-7-10-13-16-19-22-25-27-29-31-33-34-35-37-38-40-42-45-48-51-54-57-60-66(69)72-63-64(62-71-65(68)59-56-53-50-47-44-24-21-18-15-12-9-6-3)73-67(70)61-58-55-52-49-46-43-41-39-36-32-30-28-26-23-20-17-14-11-8-5-2/h64H,4-63H2,1-3H3. The average Bonchev–Trinajstić information content (AvgIpc) is 3.39. The van der Waals surface area contributed by atoms with Crippen LogP contribution in [0.4, 0.5) is 0 Å². The molecule has 0 rings (SSSR count). The van der Waals surface area contributed by atoms with Crippen molar-refractivity contribution in [1.29, 1.82) is 0 Å². The number of unbranched alkanes of at least 4 members (excludes halogenated alkanes) is 52. The Bertz CT molecular complexity index is 1090. The monoisotopic (exact) mass is 1030 g/mol. The van der Waals surface area contributed by atoms with Crippen molar-refractivity contribution in [3.05, 3.63) is 0 Å². The molecule has 6 heteroatoms. The summed E-state index contributed by atoms with van der Waals surface area (Å²) < 4.78 is 17.0. The van der Waals surface area contributed by atoms with Crippen LogP contribution in [0.5, 0.6) is 0 Å². The molecule has 1 atom stereocenters. The Labute approximate surface area is 457 Å². The van der Waals surface area contributed by atoms with E-state index in [0.29, 0.717) is 19.3 Å². The zero-order valence-corrected chi connectivity index (χ0v) is 50.0. The van der Waals surface area contributed by atoms with Crippen molar-refractivity contribution in [3.63, 3.8) is 0 Å². The van der Waals surface area contributed by atoms with E-state index in [-0.39, 0.29) is 31.1 Å². The maximum absolute atomic E-state index is 12.9. The number of ether oxygens (including phenoxy) is 3. The Balaban J connectivity index is 4.19. The molecule has 1 unspecified atom stereocenters. The van der Waals surface area contributed by atoms with E-state index in [1.165, 1.54) is 295 Å². The zero-order valence-electron chi connectivity index (χ0n) is 50.0. The molecule has 0 aromatic heterocycles. The molecule has 0 aliphatic heterocycles. The Kier molecular flexibility index (Phi) is 61.6. The number of hydrogen-bond donors (Lipinski definition) is 0. The number of rotatable bonds is 63. The lowest BCUT2D eigenvalue weighted by atomic mass is 10.0. The molecular weight excluding hydrogens is 901 g/mol. The lowest BCUT2D eigenvalue weighted by molar-refractivity contribution is -0.167. The fourth-order valence-corrected chi connectivity index (χ4v) is 10.6. The molecule has 0 aromatic rings. The molecule has 0 fully saturated rings. The summed E-state index contributed by atoms with van der Waals surface area (Å²) in [6.45, 7) is 6.73. The normalized spacial score (nSPS) is 11.9. The molecule has 0 amide bonds. The van der Waals surface area contributed by atoms with Crippen LogP contribution in [0.2, 0.25) is 0 Å². The van der Waals surface area contributed by atoms with Crippen LogP contribution in [-0.2, 0) is 28.6 Å². The molecule has 0 radical (unpaired) electrons. The van der Waals surface area contributed by atoms with Gasteiger partial charge in [0.1, 0.15) is 13.2 Å². The van der Waals surface area contributed by atoms with Gasteiger partial charge in [-0.15, -0.1) is 0 Å². The summed E-state index contributed by atoms with van der Waals surface area (Å²) in [6, 6.07) is 0. The molecule has 0 bridgehead atoms. The Morgan fingerprint density at radius 2 is 0.370 bits per heavy atom. The summed E-state index contributed by atoms with van der Waals surface area (Å²) in [5, 5.41) is 0. The predicted molar refractivity (Wildman–Crippen MR) is 317 cm³/mol. The van der Waals surface area contributed by atoms with Crippen molar-refractivity contribution in [1.82, 2.24) is 0 Å². The minimum absolute atomic E-state index is 0.0604. The average molecular weight is 1030 g/mol. The first-order chi connectivity index (χ1) is 36.0. The van der Waals surface area contributed by atoms with E-state index < -0.39 is 6.10 Å². The van der Waals surface area contributed by atoms with Gasteiger partial charge in [0.05, 0.1) is 0 Å². The number of hydrogen-bond acceptors (Lipinski definition) is 6. The Morgan fingerprint density at radius 1 is 0.219 bits per heavy atom. The van der Waals surface area contributed by atoms with E-state index in [0.717, 1.165) is 57.8 Å². The number of carbonyl (C=O) groups is 3. The van der Waals surface area contributed by atoms with Crippen LogP contribution < -0.4 is 0 Å². The van der Waals surface area contributed by atoms with Crippen molar-refractivity contribution in [2.45, 2.75) is 399 Å². The van der Waals surface area contributed by atoms with Gasteiger partial charge in [-0.2, -0.15) is 0 Å². The van der Waals surface area contributed by atoms with Crippen LogP contribution >= 0.6 is 0 Å². The van der Waals surface area contributed by atoms with Gasteiger partial charge in [-0.05, 0) is 19.3 Å². The van der Waals surface area contributed by atoms with Gasteiger partial charge in [-0.25, -0.2) is 0 Å². The second-order valence-corrected chi connectivity index (χ2v) is 23.1. The van der Waals surface area contributed by atoms with Crippen molar-refractivity contribution >= 4 is 17.9 Å². The first-order valence-corrected chi connectivity index (χ1v) is 33.5. The zero-order chi connectivity index (χ0) is 52.9. The summed E-state index contributed by atoms with van der Waals surface area (Å²) in [5.74, 6) is -0.824. The lowest BCUT2D eigenvalue weighted by Crippen LogP contribution is -2.30. The largest absolute Gasteiger partial charge is 0.462 e. The van der Waals surface area contributed by atoms with E-state index in [1.807, 2.05) is 0 Å². The van der Waals surface area contributed by atoms with Crippen molar-refractivity contribution in [2.75, 3.05) is 13.2 Å². The summed E-state index contributed by atoms with van der Waals surface area (Å²) in [6.07, 6.45) is 72.7. The van der Waals surface area contributed by atoms with Gasteiger partial charge in [0, 0.05) is 19.3 Å². The smallest absolute Gasteiger partial charge is 0.306 e. The summed E-state index contributed by atoms with van der Waals surface area (Å²) in [7, 11) is 0. The Morgan fingerprint density at radius 3 is 0.548 bits per heavy atom. The molecule has 0 N–H and O–H groups in total. The highest BCUT2D eigenvalue weighted by Gasteiger charge is 2.19. The van der Waals surface area contributed by atoms with E-state index in [1.54, 1.807) is 0 Å². The molecule has 0 saturated heterocycles. The van der Waals surface area contributed by atoms with E-state index in [2.05, 4.69) is 20.8 Å². The third-order valence-electron chi connectivity index (χ3n) is 15.6. The van der Waals surface area contributed by atoms with Crippen LogP contribution in [0.1, 0.15) is 393 Å². The van der Waals surface area contributed by atoms with Crippen LogP contribution in [-0.4, -0.2) is 37.2 Å². The SMILES string of the molecule is CCCCCCCCCCCCCCCCCCCCCCCCCC(=O)OCC(COC(=O)CCCCCCCCCCCCCC)OC(=O)CCCCCCCCCCCCCCCCCCCCCC. The fraction of sp³-hybridized carbons (Fsp3) is 0.955. The van der Waals surface area contributed by atoms with Gasteiger partial charge < -0.3 is 14.2 Å². The maximum Gasteiger partial charge on any atom is 0.306 e. The molecule has 0 aromatic carbocycles. The molecule has 0 aliphatic carbocycles. The second kappa shape index (κ2) is 62.9. The lowest BCUT2D eigenvalue weighted by Gasteiger charge is -2.18. The van der Waals surface area contributed by atoms with Crippen molar-refractivity contribution in [3.8, 4) is 0 Å². The second-order valence-electron chi connectivity index (χ2n) is 23.1. The van der Waals surface area contributed by atoms with Gasteiger partial charge in [-0.1, -0.05) is 355 Å². The molecule has 0 saturated carbocycles. The topological polar surface area (TPSA) is 78.9 Å². The summed E-state index contributed by atoms with van der Waals surface area (Å²) >= 11 is 0. The first-order valence-electron chi connectivity index (χ1n) is 33.5. The van der Waals surface area contributed by atoms with E-state index in [4.69, 9.17) is 14.2 Å².